The summed E-state index contributed by atoms with van der Waals surface area (Å²) in [6, 6.07) is 4.45. The van der Waals surface area contributed by atoms with Crippen LogP contribution in [-0.2, 0) is 16.0 Å². The monoisotopic (exact) mass is 414 g/mol. The lowest BCUT2D eigenvalue weighted by molar-refractivity contribution is -0.142. The zero-order valence-corrected chi connectivity index (χ0v) is 16.3. The van der Waals surface area contributed by atoms with Crippen LogP contribution in [0.2, 0.25) is 10.0 Å². The van der Waals surface area contributed by atoms with Crippen LogP contribution in [0.4, 0.5) is 0 Å². The molecule has 0 aliphatic heterocycles. The molecule has 1 heterocycles. The lowest BCUT2D eigenvalue weighted by atomic mass is 10.0. The highest BCUT2D eigenvalue weighted by Gasteiger charge is 2.27. The van der Waals surface area contributed by atoms with Crippen LogP contribution < -0.4 is 5.32 Å². The molecule has 0 saturated carbocycles. The Labute approximate surface area is 166 Å². The number of aliphatic carboxylic acids is 2. The molecule has 0 spiro atoms. The number of benzene rings is 1. The summed E-state index contributed by atoms with van der Waals surface area (Å²) in [5.41, 5.74) is 1.02. The highest BCUT2D eigenvalue weighted by molar-refractivity contribution is 6.42. The molecule has 0 saturated heterocycles. The van der Waals surface area contributed by atoms with Crippen LogP contribution in [0, 0.1) is 5.92 Å². The molecule has 0 fully saturated rings. The molecule has 0 aliphatic carbocycles. The molecule has 1 aromatic heterocycles. The number of hydrogen-bond donors (Lipinski definition) is 3. The zero-order chi connectivity index (χ0) is 20.1. The van der Waals surface area contributed by atoms with Crippen LogP contribution >= 0.6 is 23.2 Å². The third-order valence-corrected chi connectivity index (χ3v) is 4.62. The van der Waals surface area contributed by atoms with Crippen molar-refractivity contribution in [1.82, 2.24) is 10.5 Å². The zero-order valence-electron chi connectivity index (χ0n) is 14.8. The smallest absolute Gasteiger partial charge is 0.321 e. The molecule has 27 heavy (non-hydrogen) atoms. The van der Waals surface area contributed by atoms with E-state index in [4.69, 9.17) is 27.7 Å². The number of nitrogens with one attached hydrogen (secondary N) is 1. The molecule has 0 amide bonds. The Morgan fingerprint density at radius 1 is 1.11 bits per heavy atom. The van der Waals surface area contributed by atoms with E-state index in [9.17, 15) is 19.8 Å². The van der Waals surface area contributed by atoms with Gasteiger partial charge in [-0.25, -0.2) is 0 Å². The van der Waals surface area contributed by atoms with Crippen molar-refractivity contribution in [3.63, 3.8) is 0 Å². The molecule has 0 bridgehead atoms. The van der Waals surface area contributed by atoms with E-state index in [0.717, 1.165) is 0 Å². The molecule has 2 atom stereocenters. The average Bonchev–Trinajstić information content (AvgIpc) is 3.04. The average molecular weight is 415 g/mol. The van der Waals surface area contributed by atoms with Gasteiger partial charge in [0.15, 0.2) is 5.76 Å². The first-order valence-corrected chi connectivity index (χ1v) is 9.05. The second kappa shape index (κ2) is 9.21. The van der Waals surface area contributed by atoms with Gasteiger partial charge < -0.3 is 14.7 Å². The highest BCUT2D eigenvalue weighted by Crippen LogP contribution is 2.29. The number of carboxylic acids is 2. The third-order valence-electron chi connectivity index (χ3n) is 3.88. The van der Waals surface area contributed by atoms with Gasteiger partial charge in [0.2, 0.25) is 0 Å². The number of hydrogen-bond acceptors (Lipinski definition) is 5. The van der Waals surface area contributed by atoms with Gasteiger partial charge in [0, 0.05) is 18.1 Å². The standard InChI is InChI=1S/C18H20Cl2N2O5/c1-9(2)5-14(17(23)24)21-15(18(25)26)7-11-8-16(27-22-11)10-3-4-12(19)13(20)6-10/h3-4,6,8-9,14-15,21H,5,7H2,1-2H3,(H,23,24)(H,25,26). The fourth-order valence-corrected chi connectivity index (χ4v) is 2.87. The van der Waals surface area contributed by atoms with Crippen molar-refractivity contribution >= 4 is 35.1 Å². The van der Waals surface area contributed by atoms with Crippen LogP contribution in [0.15, 0.2) is 28.8 Å². The fourth-order valence-electron chi connectivity index (χ4n) is 2.57. The summed E-state index contributed by atoms with van der Waals surface area (Å²) in [6.07, 6.45) is 0.286. The van der Waals surface area contributed by atoms with Gasteiger partial charge >= 0.3 is 11.9 Å². The molecule has 0 aliphatic rings. The first-order chi connectivity index (χ1) is 12.7. The molecule has 1 aromatic carbocycles. The summed E-state index contributed by atoms with van der Waals surface area (Å²) in [5, 5.41) is 26.1. The molecular weight excluding hydrogens is 395 g/mol. The van der Waals surface area contributed by atoms with Gasteiger partial charge in [0.1, 0.15) is 12.1 Å². The van der Waals surface area contributed by atoms with Crippen LogP contribution in [0.3, 0.4) is 0 Å². The lowest BCUT2D eigenvalue weighted by Crippen LogP contribution is -2.48. The van der Waals surface area contributed by atoms with E-state index in [1.165, 1.54) is 0 Å². The van der Waals surface area contributed by atoms with E-state index in [1.54, 1.807) is 24.3 Å². The van der Waals surface area contributed by atoms with Gasteiger partial charge in [-0.1, -0.05) is 42.2 Å². The largest absolute Gasteiger partial charge is 0.480 e. The molecule has 2 unspecified atom stereocenters. The SMILES string of the molecule is CC(C)CC(NC(Cc1cc(-c2ccc(Cl)c(Cl)c2)on1)C(=O)O)C(=O)O. The summed E-state index contributed by atoms with van der Waals surface area (Å²) in [5.74, 6) is -1.75. The first-order valence-electron chi connectivity index (χ1n) is 8.30. The van der Waals surface area contributed by atoms with Crippen molar-refractivity contribution in [2.24, 2.45) is 5.92 Å². The molecule has 2 rings (SSSR count). The summed E-state index contributed by atoms with van der Waals surface area (Å²) in [4.78, 5) is 22.9. The lowest BCUT2D eigenvalue weighted by Gasteiger charge is -2.21. The number of carboxylic acid groups (broad SMARTS) is 2. The van der Waals surface area contributed by atoms with E-state index in [2.05, 4.69) is 10.5 Å². The van der Waals surface area contributed by atoms with Crippen LogP contribution in [0.5, 0.6) is 0 Å². The minimum Gasteiger partial charge on any atom is -0.480 e. The Morgan fingerprint density at radius 2 is 1.78 bits per heavy atom. The van der Waals surface area contributed by atoms with Crippen molar-refractivity contribution in [2.45, 2.75) is 38.8 Å². The van der Waals surface area contributed by atoms with Gasteiger partial charge in [-0.3, -0.25) is 14.9 Å². The Morgan fingerprint density at radius 3 is 2.33 bits per heavy atom. The van der Waals surface area contributed by atoms with Gasteiger partial charge in [-0.05, 0) is 30.5 Å². The predicted octanol–water partition coefficient (Wildman–Crippen LogP) is 3.73. The van der Waals surface area contributed by atoms with Crippen molar-refractivity contribution in [2.75, 3.05) is 0 Å². The van der Waals surface area contributed by atoms with E-state index < -0.39 is 24.0 Å². The summed E-state index contributed by atoms with van der Waals surface area (Å²) >= 11 is 11.9. The maximum Gasteiger partial charge on any atom is 0.321 e. The molecule has 146 valence electrons. The number of aromatic nitrogens is 1. The molecular formula is C18H20Cl2N2O5. The Kier molecular flexibility index (Phi) is 7.24. The molecule has 2 aromatic rings. The molecule has 0 radical (unpaired) electrons. The normalized spacial score (nSPS) is 13.5. The maximum absolute atomic E-state index is 11.6. The van der Waals surface area contributed by atoms with Gasteiger partial charge in [-0.15, -0.1) is 0 Å². The second-order valence-corrected chi connectivity index (χ2v) is 7.41. The van der Waals surface area contributed by atoms with Crippen LogP contribution in [0.1, 0.15) is 26.0 Å². The summed E-state index contributed by atoms with van der Waals surface area (Å²) in [6.45, 7) is 3.74. The van der Waals surface area contributed by atoms with Crippen molar-refractivity contribution in [1.29, 1.82) is 0 Å². The van der Waals surface area contributed by atoms with Crippen molar-refractivity contribution < 1.29 is 24.3 Å². The minimum atomic E-state index is -1.16. The predicted molar refractivity (Wildman–Crippen MR) is 101 cm³/mol. The van der Waals surface area contributed by atoms with Crippen LogP contribution in [-0.4, -0.2) is 39.4 Å². The Hall–Kier alpha value is -2.09. The Balaban J connectivity index is 2.15. The molecule has 9 heteroatoms. The first kappa shape index (κ1) is 21.2. The van der Waals surface area contributed by atoms with Crippen molar-refractivity contribution in [3.8, 4) is 11.3 Å². The maximum atomic E-state index is 11.6. The fraction of sp³-hybridized carbons (Fsp3) is 0.389. The third kappa shape index (κ3) is 5.95. The van der Waals surface area contributed by atoms with Crippen LogP contribution in [0.25, 0.3) is 11.3 Å². The van der Waals surface area contributed by atoms with Gasteiger partial charge in [-0.2, -0.15) is 0 Å². The van der Waals surface area contributed by atoms with E-state index in [0.29, 0.717) is 33.5 Å². The number of carbonyl (C=O) groups is 2. The molecule has 3 N–H and O–H groups in total. The quantitative estimate of drug-likeness (QED) is 0.572. The summed E-state index contributed by atoms with van der Waals surface area (Å²) in [7, 11) is 0. The topological polar surface area (TPSA) is 113 Å². The van der Waals surface area contributed by atoms with Gasteiger partial charge in [0.25, 0.3) is 0 Å². The van der Waals surface area contributed by atoms with E-state index >= 15 is 0 Å². The summed E-state index contributed by atoms with van der Waals surface area (Å²) < 4.78 is 5.25. The number of nitrogens with zero attached hydrogens (tertiary/aromatic N) is 1. The number of rotatable bonds is 9. The number of halogens is 2. The Bertz CT molecular complexity index is 822. The highest BCUT2D eigenvalue weighted by atomic mass is 35.5. The molecule has 7 nitrogen and oxygen atoms in total. The minimum absolute atomic E-state index is 0.0258. The second-order valence-electron chi connectivity index (χ2n) is 6.59. The van der Waals surface area contributed by atoms with Gasteiger partial charge in [0.05, 0.1) is 15.7 Å². The van der Waals surface area contributed by atoms with E-state index in [-0.39, 0.29) is 12.3 Å². The van der Waals surface area contributed by atoms with E-state index in [1.807, 2.05) is 13.8 Å². The van der Waals surface area contributed by atoms with Crippen molar-refractivity contribution in [3.05, 3.63) is 40.0 Å².